The van der Waals surface area contributed by atoms with Crippen molar-refractivity contribution in [2.45, 2.75) is 0 Å². The average Bonchev–Trinajstić information content (AvgIpc) is 1.91. The number of rotatable bonds is 0. The highest BCUT2D eigenvalue weighted by atomic mass is 16.5. The first kappa shape index (κ1) is 4.05. The van der Waals surface area contributed by atoms with Gasteiger partial charge in [0.25, 0.3) is 0 Å². The van der Waals surface area contributed by atoms with Gasteiger partial charge < -0.3 is 5.11 Å². The smallest absolute Gasteiger partial charge is 0.229 e. The number of nitrogens with zero attached hydrogens (tertiary/aromatic N) is 1. The summed E-state index contributed by atoms with van der Waals surface area (Å²) in [4.78, 5) is 0. The minimum Gasteiger partial charge on any atom is -0.492 e. The van der Waals surface area contributed by atoms with E-state index >= 15 is 0 Å². The van der Waals surface area contributed by atoms with E-state index < -0.39 is 0 Å². The lowest BCUT2D eigenvalue weighted by molar-refractivity contribution is 0.0715. The fourth-order valence-corrected chi connectivity index (χ4v) is 0.357. The zero-order valence-corrected chi connectivity index (χ0v) is 3.53. The number of hydrogen-bond acceptors (Lipinski definition) is 1. The molecule has 1 radical (unpaired) electrons. The molecule has 1 heterocycles. The fourth-order valence-electron chi connectivity index (χ4n) is 0.357. The monoisotopic (exact) mass is 98.0 g/mol. The second-order valence-corrected chi connectivity index (χ2v) is 1.19. The van der Waals surface area contributed by atoms with Gasteiger partial charge in [-0.1, -0.05) is 0 Å². The molecule has 3 heteroatoms. The highest BCUT2D eigenvalue weighted by molar-refractivity contribution is 5.08. The summed E-state index contributed by atoms with van der Waals surface area (Å²) in [7, 11) is 0. The van der Waals surface area contributed by atoms with Gasteiger partial charge in [0.15, 0.2) is 0 Å². The Balaban J connectivity index is 3.12. The molecule has 1 N–H and O–H groups in total. The average molecular weight is 98.1 g/mol. The van der Waals surface area contributed by atoms with Crippen molar-refractivity contribution in [2.24, 2.45) is 0 Å². The minimum absolute atomic E-state index is 0.250. The van der Waals surface area contributed by atoms with Gasteiger partial charge >= 0.3 is 0 Å². The topological polar surface area (TPSA) is 45.1 Å². The molecular formula is C4H4NO2. The third-order valence-electron chi connectivity index (χ3n) is 0.693. The first-order chi connectivity index (χ1) is 3.30. The molecular weight excluding hydrogens is 94.0 g/mol. The van der Waals surface area contributed by atoms with Gasteiger partial charge in [0.1, 0.15) is 0 Å². The van der Waals surface area contributed by atoms with Crippen LogP contribution in [0.5, 0.6) is 5.88 Å². The maximum Gasteiger partial charge on any atom is 0.229 e. The normalized spacial score (nSPS) is 9.14. The molecule has 0 atom stereocenters. The predicted molar refractivity (Wildman–Crippen MR) is 22.2 cm³/mol. The van der Waals surface area contributed by atoms with Gasteiger partial charge in [-0.25, -0.2) is 0 Å². The van der Waals surface area contributed by atoms with Crippen LogP contribution < -0.4 is 0 Å². The molecule has 37 valence electrons. The van der Waals surface area contributed by atoms with Gasteiger partial charge in [-0.15, -0.1) is 4.73 Å². The van der Waals surface area contributed by atoms with Crippen molar-refractivity contribution in [3.05, 3.63) is 18.3 Å². The lowest BCUT2D eigenvalue weighted by Gasteiger charge is -1.81. The Hall–Kier alpha value is -1.12. The molecule has 0 bridgehead atoms. The lowest BCUT2D eigenvalue weighted by atomic mass is 10.7. The Labute approximate surface area is 40.4 Å². The molecule has 0 aliphatic carbocycles. The van der Waals surface area contributed by atoms with Gasteiger partial charge in [0.05, 0.1) is 6.20 Å². The molecule has 0 aromatic carbocycles. The molecule has 0 aliphatic heterocycles. The summed E-state index contributed by atoms with van der Waals surface area (Å²) in [5.41, 5.74) is 0. The highest BCUT2D eigenvalue weighted by Crippen LogP contribution is 2.04. The van der Waals surface area contributed by atoms with Crippen LogP contribution in [-0.4, -0.2) is 9.84 Å². The van der Waals surface area contributed by atoms with Crippen LogP contribution in [0, 0.1) is 0 Å². The van der Waals surface area contributed by atoms with Crippen molar-refractivity contribution in [1.82, 2.24) is 4.73 Å². The quantitative estimate of drug-likeness (QED) is 0.501. The van der Waals surface area contributed by atoms with Gasteiger partial charge in [0, 0.05) is 6.07 Å². The lowest BCUT2D eigenvalue weighted by Crippen LogP contribution is -1.79. The summed E-state index contributed by atoms with van der Waals surface area (Å²) in [5, 5.41) is 18.5. The fraction of sp³-hybridized carbons (Fsp3) is 0. The van der Waals surface area contributed by atoms with E-state index in [-0.39, 0.29) is 5.88 Å². The predicted octanol–water partition coefficient (Wildman–Crippen LogP) is 0.387. The van der Waals surface area contributed by atoms with E-state index in [0.29, 0.717) is 4.73 Å². The van der Waals surface area contributed by atoms with Gasteiger partial charge in [-0.3, -0.25) is 0 Å². The second-order valence-electron chi connectivity index (χ2n) is 1.19. The van der Waals surface area contributed by atoms with Crippen molar-refractivity contribution in [1.29, 1.82) is 0 Å². The van der Waals surface area contributed by atoms with E-state index in [1.165, 1.54) is 18.3 Å². The number of aromatic nitrogens is 1. The van der Waals surface area contributed by atoms with Crippen LogP contribution in [0.1, 0.15) is 0 Å². The molecule has 1 aromatic heterocycles. The first-order valence-electron chi connectivity index (χ1n) is 1.84. The minimum atomic E-state index is -0.250. The van der Waals surface area contributed by atoms with Crippen LogP contribution in [0.2, 0.25) is 0 Å². The van der Waals surface area contributed by atoms with Crippen LogP contribution in [0.15, 0.2) is 18.3 Å². The molecule has 0 saturated carbocycles. The Morgan fingerprint density at radius 2 is 2.43 bits per heavy atom. The third-order valence-corrected chi connectivity index (χ3v) is 0.693. The molecule has 3 nitrogen and oxygen atoms in total. The highest BCUT2D eigenvalue weighted by Gasteiger charge is 1.90. The first-order valence-corrected chi connectivity index (χ1v) is 1.84. The van der Waals surface area contributed by atoms with Crippen molar-refractivity contribution in [2.75, 3.05) is 0 Å². The molecule has 0 amide bonds. The number of hydrogen-bond donors (Lipinski definition) is 1. The molecule has 1 rings (SSSR count). The SMILES string of the molecule is [O]n1cccc1O. The molecule has 0 spiro atoms. The van der Waals surface area contributed by atoms with Gasteiger partial charge in [-0.2, -0.15) is 5.21 Å². The molecule has 0 unspecified atom stereocenters. The van der Waals surface area contributed by atoms with Crippen LogP contribution in [0.25, 0.3) is 0 Å². The summed E-state index contributed by atoms with van der Waals surface area (Å²) < 4.78 is 0.389. The van der Waals surface area contributed by atoms with Crippen molar-refractivity contribution in [3.8, 4) is 5.88 Å². The standard InChI is InChI=1S/C4H4NO2/c6-4-2-1-3-5(4)7/h1-3,6H. The van der Waals surface area contributed by atoms with E-state index in [0.717, 1.165) is 0 Å². The molecule has 0 fully saturated rings. The molecule has 7 heavy (non-hydrogen) atoms. The van der Waals surface area contributed by atoms with E-state index in [2.05, 4.69) is 0 Å². The van der Waals surface area contributed by atoms with Gasteiger partial charge in [0.2, 0.25) is 5.88 Å². The van der Waals surface area contributed by atoms with Crippen LogP contribution in [0.4, 0.5) is 0 Å². The zero-order chi connectivity index (χ0) is 5.28. The van der Waals surface area contributed by atoms with Crippen molar-refractivity contribution in [3.63, 3.8) is 0 Å². The molecule has 1 aromatic rings. The zero-order valence-electron chi connectivity index (χ0n) is 3.53. The summed E-state index contributed by atoms with van der Waals surface area (Å²) in [6, 6.07) is 2.80. The summed E-state index contributed by atoms with van der Waals surface area (Å²) >= 11 is 0. The van der Waals surface area contributed by atoms with E-state index in [1.54, 1.807) is 0 Å². The number of aromatic hydroxyl groups is 1. The molecule has 0 aliphatic rings. The molecule has 0 saturated heterocycles. The Morgan fingerprint density at radius 3 is 2.57 bits per heavy atom. The van der Waals surface area contributed by atoms with Crippen LogP contribution in [0.3, 0.4) is 0 Å². The maximum atomic E-state index is 10.1. The Bertz CT molecular complexity index is 142. The summed E-state index contributed by atoms with van der Waals surface area (Å²) in [6.45, 7) is 0. The van der Waals surface area contributed by atoms with E-state index in [1.807, 2.05) is 0 Å². The van der Waals surface area contributed by atoms with Gasteiger partial charge in [-0.05, 0) is 6.07 Å². The summed E-state index contributed by atoms with van der Waals surface area (Å²) in [6.07, 6.45) is 1.23. The van der Waals surface area contributed by atoms with E-state index in [9.17, 15) is 5.21 Å². The maximum absolute atomic E-state index is 10.1. The largest absolute Gasteiger partial charge is 0.492 e. The van der Waals surface area contributed by atoms with Crippen LogP contribution in [-0.2, 0) is 5.21 Å². The van der Waals surface area contributed by atoms with Crippen molar-refractivity contribution >= 4 is 0 Å². The van der Waals surface area contributed by atoms with E-state index in [4.69, 9.17) is 5.11 Å². The Morgan fingerprint density at radius 1 is 1.71 bits per heavy atom. The van der Waals surface area contributed by atoms with Crippen LogP contribution >= 0.6 is 0 Å². The summed E-state index contributed by atoms with van der Waals surface area (Å²) in [5.74, 6) is -0.250. The third kappa shape index (κ3) is 0.513. The second kappa shape index (κ2) is 1.18. The van der Waals surface area contributed by atoms with Crippen molar-refractivity contribution < 1.29 is 10.3 Å². The Kier molecular flexibility index (Phi) is 0.685.